The maximum atomic E-state index is 11.4. The van der Waals surface area contributed by atoms with Crippen molar-refractivity contribution in [2.45, 2.75) is 18.9 Å². The van der Waals surface area contributed by atoms with Gasteiger partial charge in [0.25, 0.3) is 0 Å². The molecular weight excluding hydrogens is 420 g/mol. The fourth-order valence-electron chi connectivity index (χ4n) is 3.51. The fraction of sp³-hybridized carbons (Fsp3) is 0.348. The van der Waals surface area contributed by atoms with E-state index in [0.29, 0.717) is 48.3 Å². The van der Waals surface area contributed by atoms with E-state index in [4.69, 9.17) is 30.5 Å². The Morgan fingerprint density at radius 2 is 1.84 bits per heavy atom. The van der Waals surface area contributed by atoms with Gasteiger partial charge >= 0.3 is 5.97 Å². The summed E-state index contributed by atoms with van der Waals surface area (Å²) >= 11 is 6.31. The third-order valence-electron chi connectivity index (χ3n) is 5.28. The summed E-state index contributed by atoms with van der Waals surface area (Å²) < 4.78 is 21.6. The van der Waals surface area contributed by atoms with Crippen LogP contribution in [0.1, 0.15) is 12.8 Å². The van der Waals surface area contributed by atoms with Gasteiger partial charge in [-0.2, -0.15) is 4.98 Å². The summed E-state index contributed by atoms with van der Waals surface area (Å²) in [6.45, 7) is 0.887. The predicted octanol–water partition coefficient (Wildman–Crippen LogP) is 4.31. The van der Waals surface area contributed by atoms with Gasteiger partial charge in [0.15, 0.2) is 5.82 Å². The number of benzene rings is 2. The molecule has 0 atom stereocenters. The van der Waals surface area contributed by atoms with Crippen molar-refractivity contribution in [2.75, 3.05) is 27.4 Å². The van der Waals surface area contributed by atoms with Gasteiger partial charge in [-0.15, -0.1) is 0 Å². The van der Waals surface area contributed by atoms with Crippen LogP contribution in [0.4, 0.5) is 0 Å². The Balaban J connectivity index is 1.34. The molecule has 162 valence electrons. The molecule has 0 spiro atoms. The lowest BCUT2D eigenvalue weighted by atomic mass is 9.82. The number of fused-ring (bicyclic) bond motifs is 1. The van der Waals surface area contributed by atoms with Gasteiger partial charge in [-0.25, -0.2) is 4.98 Å². The Bertz CT molecular complexity index is 1070. The topological polar surface area (TPSA) is 79.8 Å². The van der Waals surface area contributed by atoms with Crippen molar-refractivity contribution in [1.82, 2.24) is 9.97 Å². The number of nitrogens with zero attached hydrogens (tertiary/aromatic N) is 2. The highest BCUT2D eigenvalue weighted by molar-refractivity contribution is 6.35. The number of halogens is 1. The molecule has 1 saturated carbocycles. The van der Waals surface area contributed by atoms with Crippen LogP contribution in [0.2, 0.25) is 5.02 Å². The minimum absolute atomic E-state index is 0.0331. The van der Waals surface area contributed by atoms with Crippen LogP contribution in [0.25, 0.3) is 22.3 Å². The molecule has 7 nitrogen and oxygen atoms in total. The van der Waals surface area contributed by atoms with Gasteiger partial charge in [-0.05, 0) is 49.2 Å². The van der Waals surface area contributed by atoms with E-state index in [1.807, 2.05) is 36.4 Å². The second kappa shape index (κ2) is 9.49. The number of rotatable bonds is 8. The zero-order valence-corrected chi connectivity index (χ0v) is 18.1. The van der Waals surface area contributed by atoms with Crippen LogP contribution in [-0.4, -0.2) is 49.5 Å². The SMILES string of the molecule is COC(=O)C1CC(OCCOc2ccc(-c3nc(OC)c4cccc(Cl)c4n3)cc2)C1. The second-order valence-electron chi connectivity index (χ2n) is 7.25. The molecule has 1 aliphatic carbocycles. The number of hydrogen-bond acceptors (Lipinski definition) is 7. The standard InChI is InChI=1S/C23H23ClN2O5/c1-28-22-18-4-3-5-19(24)20(18)25-21(26-22)14-6-8-16(9-7-14)30-10-11-31-17-12-15(13-17)23(27)29-2/h3-9,15,17H,10-13H2,1-2H3. The highest BCUT2D eigenvalue weighted by Gasteiger charge is 2.35. The number of para-hydroxylation sites is 1. The Hall–Kier alpha value is -2.90. The maximum absolute atomic E-state index is 11.4. The van der Waals surface area contributed by atoms with E-state index >= 15 is 0 Å². The van der Waals surface area contributed by atoms with Crippen molar-refractivity contribution in [3.63, 3.8) is 0 Å². The summed E-state index contributed by atoms with van der Waals surface area (Å²) in [7, 11) is 2.98. The van der Waals surface area contributed by atoms with Crippen molar-refractivity contribution < 1.29 is 23.7 Å². The molecule has 31 heavy (non-hydrogen) atoms. The van der Waals surface area contributed by atoms with E-state index in [1.165, 1.54) is 7.11 Å². The minimum Gasteiger partial charge on any atom is -0.491 e. The summed E-state index contributed by atoms with van der Waals surface area (Å²) in [5.41, 5.74) is 1.47. The Labute approximate surface area is 185 Å². The van der Waals surface area contributed by atoms with Gasteiger partial charge in [0.05, 0.1) is 48.8 Å². The summed E-state index contributed by atoms with van der Waals surface area (Å²) in [5, 5.41) is 1.31. The Morgan fingerprint density at radius 1 is 1.06 bits per heavy atom. The van der Waals surface area contributed by atoms with Gasteiger partial charge in [0.1, 0.15) is 12.4 Å². The van der Waals surface area contributed by atoms with Gasteiger partial charge in [-0.3, -0.25) is 4.79 Å². The monoisotopic (exact) mass is 442 g/mol. The van der Waals surface area contributed by atoms with Crippen LogP contribution in [0, 0.1) is 5.92 Å². The Morgan fingerprint density at radius 3 is 2.55 bits per heavy atom. The molecule has 1 heterocycles. The highest BCUT2D eigenvalue weighted by Crippen LogP contribution is 2.32. The van der Waals surface area contributed by atoms with Crippen LogP contribution < -0.4 is 9.47 Å². The number of carbonyl (C=O) groups excluding carboxylic acids is 1. The number of aromatic nitrogens is 2. The second-order valence-corrected chi connectivity index (χ2v) is 7.66. The third kappa shape index (κ3) is 4.73. The normalized spacial score (nSPS) is 17.8. The lowest BCUT2D eigenvalue weighted by Gasteiger charge is -2.32. The molecule has 0 radical (unpaired) electrons. The molecular formula is C23H23ClN2O5. The zero-order valence-electron chi connectivity index (χ0n) is 17.3. The molecule has 0 aliphatic heterocycles. The number of methoxy groups -OCH3 is 2. The lowest BCUT2D eigenvalue weighted by molar-refractivity contribution is -0.155. The molecule has 2 aromatic carbocycles. The first kappa shape index (κ1) is 21.3. The van der Waals surface area contributed by atoms with Gasteiger partial charge < -0.3 is 18.9 Å². The number of esters is 1. The average Bonchev–Trinajstić information content (AvgIpc) is 2.77. The third-order valence-corrected chi connectivity index (χ3v) is 5.59. The summed E-state index contributed by atoms with van der Waals surface area (Å²) in [5.74, 6) is 1.53. The molecule has 1 aromatic heterocycles. The van der Waals surface area contributed by atoms with Gasteiger partial charge in [-0.1, -0.05) is 17.7 Å². The summed E-state index contributed by atoms with van der Waals surface area (Å²) in [6, 6.07) is 13.0. The van der Waals surface area contributed by atoms with Crippen LogP contribution in [-0.2, 0) is 14.3 Å². The van der Waals surface area contributed by atoms with Crippen LogP contribution in [0.3, 0.4) is 0 Å². The Kier molecular flexibility index (Phi) is 6.53. The zero-order chi connectivity index (χ0) is 21.8. The largest absolute Gasteiger partial charge is 0.491 e. The lowest BCUT2D eigenvalue weighted by Crippen LogP contribution is -2.37. The van der Waals surface area contributed by atoms with Gasteiger partial charge in [0.2, 0.25) is 5.88 Å². The first-order valence-corrected chi connectivity index (χ1v) is 10.4. The summed E-state index contributed by atoms with van der Waals surface area (Å²) in [6.07, 6.45) is 1.52. The van der Waals surface area contributed by atoms with Crippen molar-refractivity contribution in [3.05, 3.63) is 47.5 Å². The van der Waals surface area contributed by atoms with E-state index in [2.05, 4.69) is 9.97 Å². The number of ether oxygens (including phenoxy) is 4. The molecule has 0 bridgehead atoms. The van der Waals surface area contributed by atoms with E-state index in [-0.39, 0.29) is 18.0 Å². The fourth-order valence-corrected chi connectivity index (χ4v) is 3.73. The molecule has 0 saturated heterocycles. The first-order chi connectivity index (χ1) is 15.1. The number of carbonyl (C=O) groups is 1. The highest BCUT2D eigenvalue weighted by atomic mass is 35.5. The van der Waals surface area contributed by atoms with E-state index in [1.54, 1.807) is 13.2 Å². The predicted molar refractivity (Wildman–Crippen MR) is 117 cm³/mol. The van der Waals surface area contributed by atoms with Crippen LogP contribution in [0.15, 0.2) is 42.5 Å². The van der Waals surface area contributed by atoms with Crippen molar-refractivity contribution in [1.29, 1.82) is 0 Å². The van der Waals surface area contributed by atoms with Gasteiger partial charge in [0, 0.05) is 5.56 Å². The van der Waals surface area contributed by atoms with Crippen molar-refractivity contribution in [3.8, 4) is 23.0 Å². The molecule has 0 unspecified atom stereocenters. The maximum Gasteiger partial charge on any atom is 0.308 e. The minimum atomic E-state index is -0.161. The van der Waals surface area contributed by atoms with E-state index < -0.39 is 0 Å². The van der Waals surface area contributed by atoms with E-state index in [0.717, 1.165) is 16.7 Å². The molecule has 1 aliphatic rings. The summed E-state index contributed by atoms with van der Waals surface area (Å²) in [4.78, 5) is 20.5. The average molecular weight is 443 g/mol. The molecule has 4 rings (SSSR count). The molecule has 3 aromatic rings. The molecule has 8 heteroatoms. The number of hydrogen-bond donors (Lipinski definition) is 0. The van der Waals surface area contributed by atoms with E-state index in [9.17, 15) is 4.79 Å². The molecule has 0 N–H and O–H groups in total. The molecule has 0 amide bonds. The van der Waals surface area contributed by atoms with Crippen LogP contribution >= 0.6 is 11.6 Å². The van der Waals surface area contributed by atoms with Crippen LogP contribution in [0.5, 0.6) is 11.6 Å². The molecule has 1 fully saturated rings. The van der Waals surface area contributed by atoms with Crippen molar-refractivity contribution in [2.24, 2.45) is 5.92 Å². The first-order valence-electron chi connectivity index (χ1n) is 10.0. The van der Waals surface area contributed by atoms with Crippen molar-refractivity contribution >= 4 is 28.5 Å². The smallest absolute Gasteiger partial charge is 0.308 e. The quantitative estimate of drug-likeness (QED) is 0.380.